The molecule has 0 bridgehead atoms. The summed E-state index contributed by atoms with van der Waals surface area (Å²) in [6.45, 7) is 3.91. The van der Waals surface area contributed by atoms with E-state index in [1.165, 1.54) is 5.56 Å². The van der Waals surface area contributed by atoms with Crippen LogP contribution in [0.3, 0.4) is 0 Å². The van der Waals surface area contributed by atoms with Crippen molar-refractivity contribution in [1.82, 2.24) is 20.3 Å². The molecular weight excluding hydrogens is 350 g/mol. The second-order valence-electron chi connectivity index (χ2n) is 8.03. The lowest BCUT2D eigenvalue weighted by Crippen LogP contribution is -2.35. The van der Waals surface area contributed by atoms with Gasteiger partial charge in [0.2, 0.25) is 0 Å². The summed E-state index contributed by atoms with van der Waals surface area (Å²) in [5.74, 6) is 2.27. The van der Waals surface area contributed by atoms with Crippen molar-refractivity contribution < 1.29 is 4.79 Å². The first kappa shape index (κ1) is 17.2. The van der Waals surface area contributed by atoms with Gasteiger partial charge in [-0.1, -0.05) is 12.1 Å². The largest absolute Gasteiger partial charge is 0.356 e. The molecule has 0 unspecified atom stereocenters. The number of benzene rings is 1. The topological polar surface area (TPSA) is 73.9 Å². The highest BCUT2D eigenvalue weighted by atomic mass is 16.1. The second kappa shape index (κ2) is 6.93. The number of H-pyrrole nitrogens is 1. The van der Waals surface area contributed by atoms with Crippen molar-refractivity contribution in [3.63, 3.8) is 0 Å². The second-order valence-corrected chi connectivity index (χ2v) is 8.03. The number of amides is 1. The van der Waals surface area contributed by atoms with Gasteiger partial charge in [-0.3, -0.25) is 4.79 Å². The van der Waals surface area contributed by atoms with E-state index < -0.39 is 0 Å². The molecule has 1 aromatic carbocycles. The highest BCUT2D eigenvalue weighted by Gasteiger charge is 2.27. The van der Waals surface area contributed by atoms with Crippen LogP contribution < -0.4 is 10.2 Å². The molecule has 2 aromatic heterocycles. The zero-order valence-electron chi connectivity index (χ0n) is 16.1. The zero-order chi connectivity index (χ0) is 19.1. The molecule has 1 saturated heterocycles. The fraction of sp³-hybridized carbons (Fsp3) is 0.409. The van der Waals surface area contributed by atoms with Gasteiger partial charge in [-0.2, -0.15) is 0 Å². The maximum Gasteiger partial charge on any atom is 0.251 e. The average Bonchev–Trinajstić information content (AvgIpc) is 3.42. The maximum absolute atomic E-state index is 12.4. The predicted octanol–water partition coefficient (Wildman–Crippen LogP) is 3.54. The van der Waals surface area contributed by atoms with E-state index in [0.717, 1.165) is 61.4 Å². The number of aromatic nitrogens is 3. The normalized spacial score (nSPS) is 19.8. The molecule has 5 rings (SSSR count). The minimum Gasteiger partial charge on any atom is -0.356 e. The van der Waals surface area contributed by atoms with E-state index in [9.17, 15) is 4.79 Å². The number of fused-ring (bicyclic) bond motifs is 1. The average molecular weight is 375 g/mol. The van der Waals surface area contributed by atoms with Gasteiger partial charge in [0.15, 0.2) is 0 Å². The summed E-state index contributed by atoms with van der Waals surface area (Å²) in [5, 5.41) is 3.05. The van der Waals surface area contributed by atoms with E-state index in [2.05, 4.69) is 45.3 Å². The predicted molar refractivity (Wildman–Crippen MR) is 110 cm³/mol. The minimum atomic E-state index is 0.00692. The fourth-order valence-corrected chi connectivity index (χ4v) is 4.03. The molecule has 1 amide bonds. The number of hydrogen-bond donors (Lipinski definition) is 2. The van der Waals surface area contributed by atoms with Crippen LogP contribution in [-0.2, 0) is 0 Å². The number of carbonyl (C=O) groups excluding carboxylic acids is 1. The van der Waals surface area contributed by atoms with Crippen molar-refractivity contribution in [3.05, 3.63) is 53.5 Å². The first-order valence-corrected chi connectivity index (χ1v) is 10.1. The zero-order valence-corrected chi connectivity index (χ0v) is 16.1. The Bertz CT molecular complexity index is 1020. The van der Waals surface area contributed by atoms with Crippen LogP contribution >= 0.6 is 0 Å². The number of carbonyl (C=O) groups is 1. The summed E-state index contributed by atoms with van der Waals surface area (Å²) in [7, 11) is 0. The Kier molecular flexibility index (Phi) is 4.26. The molecule has 2 fully saturated rings. The van der Waals surface area contributed by atoms with E-state index in [1.807, 2.05) is 6.07 Å². The van der Waals surface area contributed by atoms with Gasteiger partial charge in [-0.05, 0) is 56.4 Å². The summed E-state index contributed by atoms with van der Waals surface area (Å²) >= 11 is 0. The molecule has 6 nitrogen and oxygen atoms in total. The number of nitrogens with one attached hydrogen (secondary N) is 2. The van der Waals surface area contributed by atoms with Crippen LogP contribution in [0.4, 0.5) is 5.82 Å². The summed E-state index contributed by atoms with van der Waals surface area (Å²) in [5.41, 5.74) is 4.05. The number of piperidine rings is 1. The monoisotopic (exact) mass is 375 g/mol. The molecule has 6 heteroatoms. The van der Waals surface area contributed by atoms with Crippen molar-refractivity contribution in [2.75, 3.05) is 18.0 Å². The van der Waals surface area contributed by atoms with Crippen molar-refractivity contribution in [2.45, 2.75) is 44.6 Å². The number of pyridine rings is 1. The van der Waals surface area contributed by atoms with Crippen LogP contribution in [0.15, 0.2) is 36.5 Å². The van der Waals surface area contributed by atoms with Gasteiger partial charge in [0.05, 0.1) is 11.0 Å². The number of para-hydroxylation sites is 1. The number of aromatic amines is 1. The van der Waals surface area contributed by atoms with Gasteiger partial charge in [-0.25, -0.2) is 9.97 Å². The number of anilines is 1. The Morgan fingerprint density at radius 1 is 1.25 bits per heavy atom. The van der Waals surface area contributed by atoms with E-state index in [1.54, 1.807) is 12.3 Å². The third-order valence-electron chi connectivity index (χ3n) is 5.79. The highest BCUT2D eigenvalue weighted by Crippen LogP contribution is 2.30. The lowest BCUT2D eigenvalue weighted by molar-refractivity contribution is 0.0951. The SMILES string of the molecule is Cc1cccc2[nH]c([C@@H]3CCCN(c4cc(C(=O)NC5CC5)ccn4)C3)nc12. The third kappa shape index (κ3) is 3.35. The van der Waals surface area contributed by atoms with Crippen LogP contribution in [0.25, 0.3) is 11.0 Å². The number of imidazole rings is 1. The molecule has 0 spiro atoms. The Hall–Kier alpha value is -2.89. The molecule has 2 N–H and O–H groups in total. The van der Waals surface area contributed by atoms with Crippen molar-refractivity contribution in [1.29, 1.82) is 0 Å². The van der Waals surface area contributed by atoms with Gasteiger partial charge in [-0.15, -0.1) is 0 Å². The van der Waals surface area contributed by atoms with Crippen LogP contribution in [0.5, 0.6) is 0 Å². The van der Waals surface area contributed by atoms with Gasteiger partial charge in [0, 0.05) is 36.8 Å². The molecule has 144 valence electrons. The molecule has 3 heterocycles. The Balaban J connectivity index is 1.36. The summed E-state index contributed by atoms with van der Waals surface area (Å²) in [6, 6.07) is 10.3. The molecule has 28 heavy (non-hydrogen) atoms. The van der Waals surface area contributed by atoms with Crippen molar-refractivity contribution in [3.8, 4) is 0 Å². The quantitative estimate of drug-likeness (QED) is 0.731. The van der Waals surface area contributed by atoms with Gasteiger partial charge >= 0.3 is 0 Å². The van der Waals surface area contributed by atoms with Gasteiger partial charge in [0.1, 0.15) is 11.6 Å². The first-order chi connectivity index (χ1) is 13.7. The number of rotatable bonds is 4. The highest BCUT2D eigenvalue weighted by molar-refractivity contribution is 5.95. The summed E-state index contributed by atoms with van der Waals surface area (Å²) in [6.07, 6.45) is 6.12. The molecule has 1 atom stereocenters. The van der Waals surface area contributed by atoms with Crippen molar-refractivity contribution in [2.24, 2.45) is 0 Å². The first-order valence-electron chi connectivity index (χ1n) is 10.1. The molecule has 1 aliphatic carbocycles. The smallest absolute Gasteiger partial charge is 0.251 e. The lowest BCUT2D eigenvalue weighted by atomic mass is 9.97. The molecule has 1 saturated carbocycles. The van der Waals surface area contributed by atoms with Gasteiger partial charge in [0.25, 0.3) is 5.91 Å². The number of aryl methyl sites for hydroxylation is 1. The maximum atomic E-state index is 12.4. The molecule has 3 aromatic rings. The Labute approximate surface area is 164 Å². The van der Waals surface area contributed by atoms with Gasteiger partial charge < -0.3 is 15.2 Å². The summed E-state index contributed by atoms with van der Waals surface area (Å²) in [4.78, 5) is 27.6. The molecule has 0 radical (unpaired) electrons. The third-order valence-corrected chi connectivity index (χ3v) is 5.79. The molecule has 2 aliphatic rings. The number of nitrogens with zero attached hydrogens (tertiary/aromatic N) is 3. The minimum absolute atomic E-state index is 0.00692. The van der Waals surface area contributed by atoms with Crippen LogP contribution in [0, 0.1) is 6.92 Å². The van der Waals surface area contributed by atoms with E-state index >= 15 is 0 Å². The van der Waals surface area contributed by atoms with E-state index in [0.29, 0.717) is 17.5 Å². The Morgan fingerprint density at radius 2 is 2.14 bits per heavy atom. The Morgan fingerprint density at radius 3 is 2.96 bits per heavy atom. The molecule has 1 aliphatic heterocycles. The van der Waals surface area contributed by atoms with Crippen LogP contribution in [0.2, 0.25) is 0 Å². The summed E-state index contributed by atoms with van der Waals surface area (Å²) < 4.78 is 0. The number of hydrogen-bond acceptors (Lipinski definition) is 4. The van der Waals surface area contributed by atoms with Crippen molar-refractivity contribution >= 4 is 22.8 Å². The lowest BCUT2D eigenvalue weighted by Gasteiger charge is -2.32. The van der Waals surface area contributed by atoms with Crippen LogP contribution in [-0.4, -0.2) is 40.0 Å². The van der Waals surface area contributed by atoms with E-state index in [-0.39, 0.29) is 5.91 Å². The molecular formula is C22H25N5O. The standard InChI is InChI=1S/C22H25N5O/c1-14-4-2-6-18-20(14)26-21(25-18)16-5-3-11-27(13-16)19-12-15(9-10-23-19)22(28)24-17-7-8-17/h2,4,6,9-10,12,16-17H,3,5,7-8,11,13H2,1H3,(H,24,28)(H,25,26)/t16-/m1/s1. The fourth-order valence-electron chi connectivity index (χ4n) is 4.03. The van der Waals surface area contributed by atoms with Crippen LogP contribution in [0.1, 0.15) is 53.3 Å². The van der Waals surface area contributed by atoms with E-state index in [4.69, 9.17) is 4.98 Å².